The summed E-state index contributed by atoms with van der Waals surface area (Å²) in [5, 5.41) is 10.8. The number of benzene rings is 2. The van der Waals surface area contributed by atoms with E-state index >= 15 is 0 Å². The van der Waals surface area contributed by atoms with Crippen molar-refractivity contribution in [1.82, 2.24) is 0 Å². The van der Waals surface area contributed by atoms with Crippen LogP contribution >= 0.6 is 0 Å². The number of hydrogen-bond acceptors (Lipinski definition) is 6. The number of methoxy groups -OCH3 is 4. The predicted octanol–water partition coefficient (Wildman–Crippen LogP) is 5.84. The topological polar surface area (TPSA) is 66.4 Å². The lowest BCUT2D eigenvalue weighted by atomic mass is 9.92. The molecule has 0 fully saturated rings. The molecule has 0 heterocycles. The highest BCUT2D eigenvalue weighted by Crippen LogP contribution is 2.48. The molecule has 1 aliphatic carbocycles. The van der Waals surface area contributed by atoms with E-state index in [9.17, 15) is 5.11 Å². The van der Waals surface area contributed by atoms with Gasteiger partial charge in [-0.05, 0) is 71.9 Å². The van der Waals surface area contributed by atoms with Crippen LogP contribution in [0.2, 0.25) is 18.1 Å². The van der Waals surface area contributed by atoms with Gasteiger partial charge < -0.3 is 28.5 Å². The van der Waals surface area contributed by atoms with E-state index in [2.05, 4.69) is 33.9 Å². The maximum absolute atomic E-state index is 10.7. The second-order valence-corrected chi connectivity index (χ2v) is 14.8. The van der Waals surface area contributed by atoms with Crippen molar-refractivity contribution in [3.8, 4) is 28.7 Å². The molecule has 1 aliphatic rings. The van der Waals surface area contributed by atoms with Crippen molar-refractivity contribution in [2.45, 2.75) is 57.8 Å². The van der Waals surface area contributed by atoms with Crippen molar-refractivity contribution in [1.29, 1.82) is 0 Å². The second kappa shape index (κ2) is 9.92. The van der Waals surface area contributed by atoms with Gasteiger partial charge in [-0.3, -0.25) is 0 Å². The van der Waals surface area contributed by atoms with Crippen molar-refractivity contribution in [2.24, 2.45) is 0 Å². The maximum Gasteiger partial charge on any atom is 0.250 e. The summed E-state index contributed by atoms with van der Waals surface area (Å²) in [6.45, 7) is 11.1. The highest BCUT2D eigenvalue weighted by Gasteiger charge is 2.39. The van der Waals surface area contributed by atoms with Crippen molar-refractivity contribution in [3.63, 3.8) is 0 Å². The lowest BCUT2D eigenvalue weighted by Crippen LogP contribution is -2.43. The molecule has 0 saturated heterocycles. The molecule has 0 amide bonds. The summed E-state index contributed by atoms with van der Waals surface area (Å²) < 4.78 is 29.3. The molecule has 34 heavy (non-hydrogen) atoms. The van der Waals surface area contributed by atoms with Crippen LogP contribution in [0.15, 0.2) is 30.3 Å². The smallest absolute Gasteiger partial charge is 0.250 e. The fourth-order valence-electron chi connectivity index (χ4n) is 3.97. The van der Waals surface area contributed by atoms with Crippen molar-refractivity contribution in [2.75, 3.05) is 28.4 Å². The number of fused-ring (bicyclic) bond motifs is 1. The molecule has 0 spiro atoms. The molecule has 2 aromatic carbocycles. The minimum absolute atomic E-state index is 0.0374. The quantitative estimate of drug-likeness (QED) is 0.496. The minimum atomic E-state index is -2.11. The van der Waals surface area contributed by atoms with Gasteiger partial charge in [0.15, 0.2) is 17.2 Å². The first-order chi connectivity index (χ1) is 16.0. The lowest BCUT2D eigenvalue weighted by molar-refractivity contribution is 0.214. The molecule has 7 heteroatoms. The van der Waals surface area contributed by atoms with Crippen LogP contribution in [0.4, 0.5) is 0 Å². The Morgan fingerprint density at radius 2 is 1.50 bits per heavy atom. The Hall–Kier alpha value is -2.64. The van der Waals surface area contributed by atoms with Crippen molar-refractivity contribution >= 4 is 13.9 Å². The van der Waals surface area contributed by atoms with E-state index in [4.69, 9.17) is 23.4 Å². The molecule has 1 unspecified atom stereocenters. The Labute approximate surface area is 204 Å². The Balaban J connectivity index is 2.22. The van der Waals surface area contributed by atoms with Gasteiger partial charge in [-0.2, -0.15) is 0 Å². The summed E-state index contributed by atoms with van der Waals surface area (Å²) in [7, 11) is 4.38. The molecule has 1 atom stereocenters. The fraction of sp³-hybridized carbons (Fsp3) is 0.481. The van der Waals surface area contributed by atoms with Gasteiger partial charge in [0.25, 0.3) is 8.32 Å². The number of aliphatic hydroxyl groups is 1. The number of hydrogen-bond donors (Lipinski definition) is 1. The number of rotatable bonds is 7. The van der Waals surface area contributed by atoms with Crippen LogP contribution in [0.5, 0.6) is 28.7 Å². The Bertz CT molecular complexity index is 1070. The fourth-order valence-corrected chi connectivity index (χ4v) is 4.98. The van der Waals surface area contributed by atoms with E-state index in [1.165, 1.54) is 0 Å². The molecule has 0 bridgehead atoms. The van der Waals surface area contributed by atoms with Gasteiger partial charge in [0.2, 0.25) is 5.75 Å². The molecule has 3 rings (SSSR count). The van der Waals surface area contributed by atoms with Crippen LogP contribution in [0.1, 0.15) is 43.9 Å². The van der Waals surface area contributed by atoms with Crippen LogP contribution < -0.4 is 23.4 Å². The van der Waals surface area contributed by atoms with Gasteiger partial charge in [0.05, 0.1) is 34.5 Å². The Morgan fingerprint density at radius 3 is 2.06 bits per heavy atom. The summed E-state index contributed by atoms with van der Waals surface area (Å²) in [4.78, 5) is 0. The third-order valence-electron chi connectivity index (χ3n) is 6.92. The summed E-state index contributed by atoms with van der Waals surface area (Å²) in [5.74, 6) is 3.15. The van der Waals surface area contributed by atoms with Gasteiger partial charge in [-0.25, -0.2) is 0 Å². The van der Waals surface area contributed by atoms with Crippen LogP contribution in [-0.2, 0) is 6.42 Å². The Morgan fingerprint density at radius 1 is 0.853 bits per heavy atom. The number of ether oxygens (including phenoxy) is 4. The average molecular weight is 487 g/mol. The molecule has 0 aliphatic heterocycles. The molecule has 186 valence electrons. The first-order valence-corrected chi connectivity index (χ1v) is 14.5. The average Bonchev–Trinajstić information content (AvgIpc) is 2.95. The maximum atomic E-state index is 10.7. The standard InChI is InChI=1S/C27H38O6Si/c1-27(2,3)34(8,9)33-23-14-17(10-13-22(23)29-4)20-15-18(28)11-12-19-21(20)16-24(30-5)26(32-7)25(19)31-6/h10,13-16,18,28H,11-12H2,1-9H3. The summed E-state index contributed by atoms with van der Waals surface area (Å²) in [5.41, 5.74) is 3.73. The van der Waals surface area contributed by atoms with E-state index in [0.29, 0.717) is 41.6 Å². The Kier molecular flexibility index (Phi) is 7.58. The highest BCUT2D eigenvalue weighted by molar-refractivity contribution is 6.74. The summed E-state index contributed by atoms with van der Waals surface area (Å²) >= 11 is 0. The van der Waals surface area contributed by atoms with Gasteiger partial charge in [0, 0.05) is 5.56 Å². The van der Waals surface area contributed by atoms with Crippen LogP contribution in [0.25, 0.3) is 5.57 Å². The second-order valence-electron chi connectivity index (χ2n) is 10.1. The van der Waals surface area contributed by atoms with E-state index in [-0.39, 0.29) is 5.04 Å². The first kappa shape index (κ1) is 26.0. The van der Waals surface area contributed by atoms with Crippen molar-refractivity contribution < 1.29 is 28.5 Å². The highest BCUT2D eigenvalue weighted by atomic mass is 28.4. The molecular weight excluding hydrogens is 448 g/mol. The monoisotopic (exact) mass is 486 g/mol. The van der Waals surface area contributed by atoms with Crippen molar-refractivity contribution in [3.05, 3.63) is 47.0 Å². The molecule has 0 aromatic heterocycles. The molecule has 0 radical (unpaired) electrons. The molecular formula is C27H38O6Si. The van der Waals surface area contributed by atoms with Gasteiger partial charge >= 0.3 is 0 Å². The zero-order chi connectivity index (χ0) is 25.3. The van der Waals surface area contributed by atoms with E-state index in [1.54, 1.807) is 28.4 Å². The predicted molar refractivity (Wildman–Crippen MR) is 138 cm³/mol. The van der Waals surface area contributed by atoms with Gasteiger partial charge in [0.1, 0.15) is 5.75 Å². The van der Waals surface area contributed by atoms with E-state index in [1.807, 2.05) is 30.3 Å². The molecule has 6 nitrogen and oxygen atoms in total. The zero-order valence-corrected chi connectivity index (χ0v) is 22.9. The lowest BCUT2D eigenvalue weighted by Gasteiger charge is -2.37. The zero-order valence-electron chi connectivity index (χ0n) is 21.9. The van der Waals surface area contributed by atoms with E-state index < -0.39 is 14.4 Å². The van der Waals surface area contributed by atoms with Crippen LogP contribution in [-0.4, -0.2) is 48.0 Å². The number of aliphatic hydroxyl groups excluding tert-OH is 1. The summed E-state index contributed by atoms with van der Waals surface area (Å²) in [6.07, 6.45) is 2.51. The van der Waals surface area contributed by atoms with Gasteiger partial charge in [-0.15, -0.1) is 0 Å². The largest absolute Gasteiger partial charge is 0.541 e. The third-order valence-corrected chi connectivity index (χ3v) is 11.3. The normalized spacial score (nSPS) is 16.2. The van der Waals surface area contributed by atoms with Gasteiger partial charge in [-0.1, -0.05) is 26.8 Å². The van der Waals surface area contributed by atoms with Crippen LogP contribution in [0, 0.1) is 0 Å². The molecule has 0 saturated carbocycles. The molecule has 2 aromatic rings. The molecule has 1 N–H and O–H groups in total. The SMILES string of the molecule is COc1ccc(C2=CC(O)CCc3c2cc(OC)c(OC)c3OC)cc1O[Si](C)(C)C(C)(C)C. The summed E-state index contributed by atoms with van der Waals surface area (Å²) in [6, 6.07) is 7.89. The minimum Gasteiger partial charge on any atom is -0.541 e. The van der Waals surface area contributed by atoms with Crippen LogP contribution in [0.3, 0.4) is 0 Å². The third kappa shape index (κ3) is 4.91. The van der Waals surface area contributed by atoms with E-state index in [0.717, 1.165) is 22.3 Å². The first-order valence-electron chi connectivity index (χ1n) is 11.6.